The van der Waals surface area contributed by atoms with Crippen molar-refractivity contribution in [3.05, 3.63) is 26.1 Å². The first-order valence-corrected chi connectivity index (χ1v) is 12.6. The van der Waals surface area contributed by atoms with E-state index < -0.39 is 29.4 Å². The van der Waals surface area contributed by atoms with Crippen LogP contribution in [0.2, 0.25) is 5.15 Å². The Balaban J connectivity index is 2.74. The van der Waals surface area contributed by atoms with Crippen LogP contribution in [0, 0.1) is 0 Å². The number of methoxy groups -OCH3 is 1. The van der Waals surface area contributed by atoms with Gasteiger partial charge in [0.1, 0.15) is 21.4 Å². The van der Waals surface area contributed by atoms with Crippen LogP contribution < -0.4 is 9.57 Å². The van der Waals surface area contributed by atoms with Crippen LogP contribution >= 0.6 is 48.4 Å². The second kappa shape index (κ2) is 10.5. The summed E-state index contributed by atoms with van der Waals surface area (Å²) >= 11 is 9.29. The molecule has 0 aliphatic rings. The maximum Gasteiger partial charge on any atom is 0.425 e. The molecular formula is C19H22BrClN4O6S2. The van der Waals surface area contributed by atoms with Gasteiger partial charge in [-0.25, -0.2) is 24.4 Å². The van der Waals surface area contributed by atoms with Crippen LogP contribution in [0.1, 0.15) is 51.9 Å². The van der Waals surface area contributed by atoms with Crippen LogP contribution in [0.25, 0.3) is 0 Å². The maximum absolute atomic E-state index is 13.0. The first-order chi connectivity index (χ1) is 15.1. The lowest BCUT2D eigenvalue weighted by molar-refractivity contribution is 0.0428. The number of aromatic nitrogens is 2. The molecule has 0 bridgehead atoms. The molecule has 0 atom stereocenters. The molecule has 2 heterocycles. The van der Waals surface area contributed by atoms with Crippen LogP contribution in [0.3, 0.4) is 0 Å². The number of hydrogen-bond acceptors (Lipinski definition) is 11. The summed E-state index contributed by atoms with van der Waals surface area (Å²) in [7, 11) is 3.51. The number of carbonyl (C=O) groups is 3. The third-order valence-corrected chi connectivity index (χ3v) is 6.09. The van der Waals surface area contributed by atoms with E-state index >= 15 is 0 Å². The van der Waals surface area contributed by atoms with Gasteiger partial charge in [-0.2, -0.15) is 9.27 Å². The largest absolute Gasteiger partial charge is 0.465 e. The second-order valence-corrected chi connectivity index (χ2v) is 11.4. The van der Waals surface area contributed by atoms with E-state index in [4.69, 9.17) is 25.8 Å². The number of imide groups is 1. The van der Waals surface area contributed by atoms with E-state index in [-0.39, 0.29) is 26.8 Å². The third-order valence-electron chi connectivity index (χ3n) is 3.34. The predicted octanol–water partition coefficient (Wildman–Crippen LogP) is 5.71. The molecule has 0 radical (unpaired) electrons. The van der Waals surface area contributed by atoms with Gasteiger partial charge in [-0.15, -0.1) is 0 Å². The van der Waals surface area contributed by atoms with Gasteiger partial charge in [0.15, 0.2) is 15.6 Å². The zero-order chi connectivity index (χ0) is 25.1. The molecule has 2 amide bonds. The number of carbonyl (C=O) groups excluding carboxylic acids is 3. The van der Waals surface area contributed by atoms with Gasteiger partial charge in [0.25, 0.3) is 0 Å². The fraction of sp³-hybridized carbons (Fsp3) is 0.474. The van der Waals surface area contributed by atoms with E-state index in [0.717, 1.165) is 17.6 Å². The molecule has 10 nitrogen and oxygen atoms in total. The van der Waals surface area contributed by atoms with Gasteiger partial charge in [-0.05, 0) is 73.9 Å². The average molecular weight is 582 g/mol. The molecule has 2 aromatic heterocycles. The highest BCUT2D eigenvalue weighted by Crippen LogP contribution is 2.32. The van der Waals surface area contributed by atoms with Crippen LogP contribution in [0.4, 0.5) is 21.1 Å². The van der Waals surface area contributed by atoms with Crippen molar-refractivity contribution in [1.82, 2.24) is 9.36 Å². The van der Waals surface area contributed by atoms with Gasteiger partial charge in [0.2, 0.25) is 0 Å². The number of anilines is 1. The van der Waals surface area contributed by atoms with Crippen LogP contribution in [-0.4, -0.2) is 45.8 Å². The molecule has 33 heavy (non-hydrogen) atoms. The number of nitrogens with zero attached hydrogens (tertiary/aromatic N) is 4. The first-order valence-electron chi connectivity index (χ1n) is 9.34. The Bertz CT molecular complexity index is 1110. The summed E-state index contributed by atoms with van der Waals surface area (Å²) in [4.78, 5) is 47.7. The Morgan fingerprint density at radius 3 is 2.06 bits per heavy atom. The van der Waals surface area contributed by atoms with Gasteiger partial charge >= 0.3 is 18.2 Å². The molecule has 2 aromatic rings. The van der Waals surface area contributed by atoms with E-state index in [1.165, 1.54) is 16.4 Å². The molecule has 0 aliphatic carbocycles. The van der Waals surface area contributed by atoms with Crippen molar-refractivity contribution in [2.75, 3.05) is 12.0 Å². The zero-order valence-corrected chi connectivity index (χ0v) is 22.9. The topological polar surface area (TPSA) is 120 Å². The van der Waals surface area contributed by atoms with E-state index in [9.17, 15) is 14.4 Å². The fourth-order valence-corrected chi connectivity index (χ4v) is 4.53. The number of pyridine rings is 1. The van der Waals surface area contributed by atoms with Crippen LogP contribution in [0.5, 0.6) is 0 Å². The molecule has 0 aromatic carbocycles. The van der Waals surface area contributed by atoms with Gasteiger partial charge in [0.05, 0.1) is 12.8 Å². The molecule has 2 rings (SSSR count). The summed E-state index contributed by atoms with van der Waals surface area (Å²) in [6, 6.07) is 1.31. The Labute approximate surface area is 211 Å². The normalized spacial score (nSPS) is 12.3. The fourth-order valence-electron chi connectivity index (χ4n) is 2.18. The number of ether oxygens (including phenoxy) is 3. The van der Waals surface area contributed by atoms with Crippen LogP contribution in [-0.2, 0) is 14.2 Å². The van der Waals surface area contributed by atoms with E-state index in [1.807, 2.05) is 0 Å². The number of hydrogen-bond donors (Lipinski definition) is 0. The first kappa shape index (κ1) is 27.2. The Kier molecular flexibility index (Phi) is 8.60. The summed E-state index contributed by atoms with van der Waals surface area (Å²) in [5, 5.41) is 0.185. The molecule has 14 heteroatoms. The Hall–Kier alpha value is -2.09. The molecule has 180 valence electrons. The zero-order valence-electron chi connectivity index (χ0n) is 18.9. The predicted molar refractivity (Wildman–Crippen MR) is 128 cm³/mol. The van der Waals surface area contributed by atoms with Crippen molar-refractivity contribution in [2.45, 2.75) is 52.7 Å². The summed E-state index contributed by atoms with van der Waals surface area (Å²) in [5.74, 6) is -1.22. The van der Waals surface area contributed by atoms with E-state index in [2.05, 4.69) is 30.3 Å². The van der Waals surface area contributed by atoms with Crippen LogP contribution in [0.15, 0.2) is 15.7 Å². The minimum Gasteiger partial charge on any atom is -0.465 e. The highest BCUT2D eigenvalue weighted by atomic mass is 79.9. The molecule has 0 N–H and O–H groups in total. The lowest BCUT2D eigenvalue weighted by atomic mass is 10.2. The minimum absolute atomic E-state index is 0.122. The van der Waals surface area contributed by atoms with E-state index in [0.29, 0.717) is 9.57 Å². The smallest absolute Gasteiger partial charge is 0.425 e. The van der Waals surface area contributed by atoms with Crippen molar-refractivity contribution >= 4 is 78.1 Å². The van der Waals surface area contributed by atoms with Gasteiger partial charge in [-0.3, -0.25) is 0 Å². The SMILES string of the molecule is COC(=O)c1cc(N=c2ssnc2Cl)c(Br)nc1N(C(=O)OC(C)(C)C)C(=O)OC(C)(C)C. The quantitative estimate of drug-likeness (QED) is 0.196. The number of esters is 1. The van der Waals surface area contributed by atoms with Gasteiger partial charge in [-0.1, -0.05) is 11.6 Å². The van der Waals surface area contributed by atoms with Crippen molar-refractivity contribution < 1.29 is 28.6 Å². The Morgan fingerprint density at radius 2 is 1.64 bits per heavy atom. The highest BCUT2D eigenvalue weighted by Gasteiger charge is 2.37. The number of rotatable bonds is 3. The van der Waals surface area contributed by atoms with Crippen molar-refractivity contribution in [1.29, 1.82) is 0 Å². The second-order valence-electron chi connectivity index (χ2n) is 8.41. The summed E-state index contributed by atoms with van der Waals surface area (Å²) < 4.78 is 20.0. The summed E-state index contributed by atoms with van der Waals surface area (Å²) in [6.07, 6.45) is -2.17. The molecule has 0 aliphatic heterocycles. The maximum atomic E-state index is 13.0. The van der Waals surface area contributed by atoms with Crippen molar-refractivity contribution in [2.24, 2.45) is 4.99 Å². The molecule has 0 saturated carbocycles. The standard InChI is InChI=1S/C19H22BrClN4O6S2/c1-18(2,3)30-16(27)25(17(28)31-19(4,5)6)13-9(15(26)29-7)8-10(11(20)23-13)22-14-12(21)24-33-32-14/h8H,1-7H3. The molecule has 0 spiro atoms. The average Bonchev–Trinajstić information content (AvgIpc) is 3.05. The van der Waals surface area contributed by atoms with Gasteiger partial charge < -0.3 is 14.2 Å². The van der Waals surface area contributed by atoms with E-state index in [1.54, 1.807) is 41.5 Å². The highest BCUT2D eigenvalue weighted by molar-refractivity contribution is 9.10. The minimum atomic E-state index is -1.08. The van der Waals surface area contributed by atoms with Crippen molar-refractivity contribution in [3.8, 4) is 0 Å². The molecular weight excluding hydrogens is 560 g/mol. The lowest BCUT2D eigenvalue weighted by Gasteiger charge is -2.28. The lowest BCUT2D eigenvalue weighted by Crippen LogP contribution is -2.45. The molecule has 0 saturated heterocycles. The molecule has 0 fully saturated rings. The van der Waals surface area contributed by atoms with Crippen molar-refractivity contribution in [3.63, 3.8) is 0 Å². The summed E-state index contributed by atoms with van der Waals surface area (Å²) in [5.41, 5.74) is -1.91. The number of halogens is 2. The summed E-state index contributed by atoms with van der Waals surface area (Å²) in [6.45, 7) is 9.78. The molecule has 0 unspecified atom stereocenters. The monoisotopic (exact) mass is 580 g/mol. The third kappa shape index (κ3) is 7.45. The Morgan fingerprint density at radius 1 is 1.09 bits per heavy atom. The number of amides is 2. The van der Waals surface area contributed by atoms with Gasteiger partial charge in [0, 0.05) is 10.5 Å².